The van der Waals surface area contributed by atoms with Crippen LogP contribution in [0.2, 0.25) is 0 Å². The maximum atomic E-state index is 13.1. The van der Waals surface area contributed by atoms with Gasteiger partial charge in [0, 0.05) is 26.8 Å². The van der Waals surface area contributed by atoms with Crippen molar-refractivity contribution in [2.75, 3.05) is 53.1 Å². The number of hydrogen-bond acceptors (Lipinski definition) is 3. The molecule has 0 saturated carbocycles. The molecular formula is C16H24FN4O3+. The summed E-state index contributed by atoms with van der Waals surface area (Å²) >= 11 is 0. The molecule has 1 rings (SSSR count). The van der Waals surface area contributed by atoms with Crippen molar-refractivity contribution >= 4 is 23.4 Å². The number of hydrogen-bond donors (Lipinski definition) is 2. The molecule has 0 aliphatic carbocycles. The number of anilines is 1. The normalized spacial score (nSPS) is 11.5. The highest BCUT2D eigenvalue weighted by molar-refractivity contribution is 5.91. The van der Waals surface area contributed by atoms with Crippen LogP contribution in [0.3, 0.4) is 0 Å². The highest BCUT2D eigenvalue weighted by Crippen LogP contribution is 2.08. The summed E-state index contributed by atoms with van der Waals surface area (Å²) in [6, 6.07) is 5.60. The van der Waals surface area contributed by atoms with Crippen molar-refractivity contribution in [2.24, 2.45) is 0 Å². The molecule has 0 radical (unpaired) electrons. The van der Waals surface area contributed by atoms with Gasteiger partial charge in [-0.05, 0) is 18.2 Å². The van der Waals surface area contributed by atoms with Gasteiger partial charge in [-0.3, -0.25) is 14.4 Å². The van der Waals surface area contributed by atoms with Crippen LogP contribution in [0.1, 0.15) is 0 Å². The summed E-state index contributed by atoms with van der Waals surface area (Å²) in [4.78, 5) is 38.9. The van der Waals surface area contributed by atoms with E-state index in [-0.39, 0.29) is 37.4 Å². The monoisotopic (exact) mass is 339 g/mol. The zero-order valence-corrected chi connectivity index (χ0v) is 14.4. The van der Waals surface area contributed by atoms with Gasteiger partial charge in [0.25, 0.3) is 11.8 Å². The number of quaternary nitrogens is 1. The smallest absolute Gasteiger partial charge is 0.279 e. The number of nitrogens with one attached hydrogen (secondary N) is 2. The van der Waals surface area contributed by atoms with E-state index in [0.29, 0.717) is 10.6 Å². The second-order valence-corrected chi connectivity index (χ2v) is 5.91. The standard InChI is InChI=1S/C16H23FN4O3/c1-19(2)15(23)11-21(4)16(24)10-20(3)9-14(22)18-13-7-5-6-12(17)8-13/h5-8H,9-11H2,1-4H3,(H,18,22)/p+1. The van der Waals surface area contributed by atoms with Crippen LogP contribution in [0, 0.1) is 5.82 Å². The molecule has 1 aromatic rings. The summed E-state index contributed by atoms with van der Waals surface area (Å²) < 4.78 is 13.1. The maximum Gasteiger partial charge on any atom is 0.279 e. The number of halogens is 1. The van der Waals surface area contributed by atoms with E-state index in [2.05, 4.69) is 5.32 Å². The van der Waals surface area contributed by atoms with Crippen LogP contribution < -0.4 is 10.2 Å². The molecule has 0 fully saturated rings. The third-order valence-electron chi connectivity index (χ3n) is 3.32. The maximum absolute atomic E-state index is 13.1. The Bertz CT molecular complexity index is 607. The number of amides is 3. The number of nitrogens with zero attached hydrogens (tertiary/aromatic N) is 2. The molecule has 0 heterocycles. The minimum atomic E-state index is -0.434. The Balaban J connectivity index is 2.44. The first-order valence-corrected chi connectivity index (χ1v) is 7.50. The Morgan fingerprint density at radius 2 is 1.79 bits per heavy atom. The van der Waals surface area contributed by atoms with Crippen LogP contribution in [0.25, 0.3) is 0 Å². The van der Waals surface area contributed by atoms with E-state index in [0.717, 1.165) is 0 Å². The molecule has 2 N–H and O–H groups in total. The van der Waals surface area contributed by atoms with Gasteiger partial charge >= 0.3 is 0 Å². The Kier molecular flexibility index (Phi) is 7.31. The lowest BCUT2D eigenvalue weighted by atomic mass is 10.3. The van der Waals surface area contributed by atoms with Gasteiger partial charge in [0.15, 0.2) is 13.1 Å². The highest BCUT2D eigenvalue weighted by Gasteiger charge is 2.19. The lowest BCUT2D eigenvalue weighted by Crippen LogP contribution is -3.11. The van der Waals surface area contributed by atoms with Crippen LogP contribution in [-0.4, -0.2) is 75.3 Å². The summed E-state index contributed by atoms with van der Waals surface area (Å²) in [6.07, 6.45) is 0. The Morgan fingerprint density at radius 1 is 1.12 bits per heavy atom. The first kappa shape index (κ1) is 19.6. The molecule has 1 unspecified atom stereocenters. The largest absolute Gasteiger partial charge is 0.347 e. The SMILES string of the molecule is CN(C)C(=O)CN(C)C(=O)C[NH+](C)CC(=O)Nc1cccc(F)c1. The van der Waals surface area contributed by atoms with Crippen molar-refractivity contribution in [1.29, 1.82) is 0 Å². The molecular weight excluding hydrogens is 315 g/mol. The average molecular weight is 339 g/mol. The van der Waals surface area contributed by atoms with Crippen molar-refractivity contribution in [3.8, 4) is 0 Å². The van der Waals surface area contributed by atoms with Crippen LogP contribution in [0.15, 0.2) is 24.3 Å². The topological polar surface area (TPSA) is 74.2 Å². The van der Waals surface area contributed by atoms with E-state index in [1.165, 1.54) is 28.0 Å². The summed E-state index contributed by atoms with van der Waals surface area (Å²) in [6.45, 7) is 0.125. The van der Waals surface area contributed by atoms with E-state index in [1.54, 1.807) is 34.3 Å². The zero-order valence-electron chi connectivity index (χ0n) is 14.4. The van der Waals surface area contributed by atoms with Crippen molar-refractivity contribution in [3.05, 3.63) is 30.1 Å². The quantitative estimate of drug-likeness (QED) is 0.657. The second kappa shape index (κ2) is 8.97. The predicted molar refractivity (Wildman–Crippen MR) is 88.0 cm³/mol. The van der Waals surface area contributed by atoms with Gasteiger partial charge in [-0.1, -0.05) is 6.07 Å². The average Bonchev–Trinajstić information content (AvgIpc) is 2.46. The van der Waals surface area contributed by atoms with E-state index in [1.807, 2.05) is 0 Å². The lowest BCUT2D eigenvalue weighted by molar-refractivity contribution is -0.862. The minimum absolute atomic E-state index is 0.00536. The van der Waals surface area contributed by atoms with Crippen LogP contribution >= 0.6 is 0 Å². The van der Waals surface area contributed by atoms with Gasteiger partial charge in [0.2, 0.25) is 5.91 Å². The second-order valence-electron chi connectivity index (χ2n) is 5.91. The molecule has 0 spiro atoms. The van der Waals surface area contributed by atoms with Crippen LogP contribution in [0.5, 0.6) is 0 Å². The molecule has 0 aliphatic heterocycles. The molecule has 0 aliphatic rings. The summed E-state index contributed by atoms with van der Waals surface area (Å²) in [7, 11) is 6.48. The number of likely N-dealkylation sites (N-methyl/N-ethyl adjacent to an activating group) is 3. The first-order chi connectivity index (χ1) is 11.2. The van der Waals surface area contributed by atoms with Crippen molar-refractivity contribution < 1.29 is 23.7 Å². The lowest BCUT2D eigenvalue weighted by Gasteiger charge is -2.21. The fraction of sp³-hybridized carbons (Fsp3) is 0.438. The summed E-state index contributed by atoms with van der Waals surface area (Å²) in [5.41, 5.74) is 0.368. The van der Waals surface area contributed by atoms with E-state index < -0.39 is 5.82 Å². The number of carbonyl (C=O) groups excluding carboxylic acids is 3. The van der Waals surface area contributed by atoms with Crippen molar-refractivity contribution in [3.63, 3.8) is 0 Å². The fourth-order valence-corrected chi connectivity index (χ4v) is 1.93. The van der Waals surface area contributed by atoms with Gasteiger partial charge in [0.05, 0.1) is 13.6 Å². The minimum Gasteiger partial charge on any atom is -0.347 e. The zero-order chi connectivity index (χ0) is 18.3. The number of carbonyl (C=O) groups is 3. The van der Waals surface area contributed by atoms with Crippen molar-refractivity contribution in [2.45, 2.75) is 0 Å². The van der Waals surface area contributed by atoms with Gasteiger partial charge < -0.3 is 20.0 Å². The fourth-order valence-electron chi connectivity index (χ4n) is 1.93. The molecule has 1 atom stereocenters. The van der Waals surface area contributed by atoms with E-state index in [9.17, 15) is 18.8 Å². The van der Waals surface area contributed by atoms with Gasteiger partial charge in [-0.15, -0.1) is 0 Å². The molecule has 132 valence electrons. The van der Waals surface area contributed by atoms with Gasteiger partial charge in [-0.25, -0.2) is 4.39 Å². The van der Waals surface area contributed by atoms with Gasteiger partial charge in [-0.2, -0.15) is 0 Å². The number of benzene rings is 1. The van der Waals surface area contributed by atoms with Crippen LogP contribution in [-0.2, 0) is 14.4 Å². The van der Waals surface area contributed by atoms with Gasteiger partial charge in [0.1, 0.15) is 5.82 Å². The Labute approximate surface area is 141 Å². The molecule has 24 heavy (non-hydrogen) atoms. The summed E-state index contributed by atoms with van der Waals surface area (Å²) in [5, 5.41) is 2.58. The molecule has 0 bridgehead atoms. The Morgan fingerprint density at radius 3 is 2.38 bits per heavy atom. The van der Waals surface area contributed by atoms with E-state index in [4.69, 9.17) is 0 Å². The molecule has 8 heteroatoms. The summed E-state index contributed by atoms with van der Waals surface area (Å²) in [5.74, 6) is -1.16. The molecule has 7 nitrogen and oxygen atoms in total. The molecule has 1 aromatic carbocycles. The molecule has 0 saturated heterocycles. The first-order valence-electron chi connectivity index (χ1n) is 7.50. The number of rotatable bonds is 7. The predicted octanol–water partition coefficient (Wildman–Crippen LogP) is -1.17. The molecule has 3 amide bonds. The van der Waals surface area contributed by atoms with Crippen LogP contribution in [0.4, 0.5) is 10.1 Å². The Hall–Kier alpha value is -2.48. The van der Waals surface area contributed by atoms with Crippen molar-refractivity contribution in [1.82, 2.24) is 9.80 Å². The third kappa shape index (κ3) is 6.74. The van der Waals surface area contributed by atoms with E-state index >= 15 is 0 Å². The molecule has 0 aromatic heterocycles. The highest BCUT2D eigenvalue weighted by atomic mass is 19.1. The third-order valence-corrected chi connectivity index (χ3v) is 3.32.